The largest absolute Gasteiger partial charge is 0.332 e. The standard InChI is InChI=1S/C23H23N5O3S/c1-4-15-9-5-6-10-16(15)25-18(29)13-27-20-19(17-11-7-8-12-24-17)26-32-21(20)22(30)28(14(2)3)23(27)31/h5-12,14H,4,13H2,1-3H3,(H,25,29). The second-order valence-corrected chi connectivity index (χ2v) is 8.39. The van der Waals surface area contributed by atoms with Gasteiger partial charge >= 0.3 is 5.69 Å². The van der Waals surface area contributed by atoms with E-state index in [9.17, 15) is 14.4 Å². The summed E-state index contributed by atoms with van der Waals surface area (Å²) in [4.78, 5) is 43.7. The van der Waals surface area contributed by atoms with Crippen LogP contribution in [0.1, 0.15) is 32.4 Å². The number of hydrogen-bond acceptors (Lipinski definition) is 6. The molecule has 0 spiro atoms. The molecule has 4 aromatic rings. The van der Waals surface area contributed by atoms with Crippen LogP contribution in [0, 0.1) is 0 Å². The average Bonchev–Trinajstić information content (AvgIpc) is 3.23. The lowest BCUT2D eigenvalue weighted by Crippen LogP contribution is -2.42. The van der Waals surface area contributed by atoms with Crippen LogP contribution in [0.25, 0.3) is 21.6 Å². The molecule has 4 rings (SSSR count). The van der Waals surface area contributed by atoms with Crippen molar-refractivity contribution in [3.63, 3.8) is 0 Å². The summed E-state index contributed by atoms with van der Waals surface area (Å²) in [6.07, 6.45) is 2.38. The van der Waals surface area contributed by atoms with Crippen molar-refractivity contribution in [1.82, 2.24) is 18.5 Å². The van der Waals surface area contributed by atoms with Crippen LogP contribution in [0.3, 0.4) is 0 Å². The highest BCUT2D eigenvalue weighted by atomic mass is 32.1. The third-order valence-electron chi connectivity index (χ3n) is 5.19. The number of pyridine rings is 1. The molecule has 32 heavy (non-hydrogen) atoms. The number of rotatable bonds is 6. The van der Waals surface area contributed by atoms with E-state index in [-0.39, 0.29) is 18.5 Å². The van der Waals surface area contributed by atoms with Crippen molar-refractivity contribution in [1.29, 1.82) is 0 Å². The number of carbonyl (C=O) groups excluding carboxylic acids is 1. The van der Waals surface area contributed by atoms with Crippen molar-refractivity contribution >= 4 is 33.3 Å². The fourth-order valence-electron chi connectivity index (χ4n) is 3.65. The first-order valence-electron chi connectivity index (χ1n) is 10.4. The summed E-state index contributed by atoms with van der Waals surface area (Å²) in [5, 5.41) is 2.90. The number of para-hydroxylation sites is 1. The van der Waals surface area contributed by atoms with Gasteiger partial charge in [0.15, 0.2) is 0 Å². The van der Waals surface area contributed by atoms with Crippen molar-refractivity contribution < 1.29 is 4.79 Å². The smallest absolute Gasteiger partial charge is 0.324 e. The molecule has 0 aliphatic rings. The highest BCUT2D eigenvalue weighted by Gasteiger charge is 2.23. The molecule has 0 saturated carbocycles. The monoisotopic (exact) mass is 449 g/mol. The van der Waals surface area contributed by atoms with E-state index in [1.807, 2.05) is 31.2 Å². The summed E-state index contributed by atoms with van der Waals surface area (Å²) in [5.41, 5.74) is 2.02. The van der Waals surface area contributed by atoms with Gasteiger partial charge in [0.2, 0.25) is 5.91 Å². The molecule has 0 aliphatic heterocycles. The van der Waals surface area contributed by atoms with Gasteiger partial charge in [-0.3, -0.25) is 23.7 Å². The minimum absolute atomic E-state index is 0.251. The third-order valence-corrected chi connectivity index (χ3v) is 6.01. The van der Waals surface area contributed by atoms with Crippen LogP contribution < -0.4 is 16.6 Å². The molecule has 1 aromatic carbocycles. The Morgan fingerprint density at radius 1 is 1.12 bits per heavy atom. The van der Waals surface area contributed by atoms with Crippen LogP contribution in [0.4, 0.5) is 5.69 Å². The fraction of sp³-hybridized carbons (Fsp3) is 0.261. The topological polar surface area (TPSA) is 98.9 Å². The van der Waals surface area contributed by atoms with E-state index >= 15 is 0 Å². The Bertz CT molecular complexity index is 1400. The number of aryl methyl sites for hydroxylation is 1. The zero-order valence-electron chi connectivity index (χ0n) is 18.0. The molecule has 1 amide bonds. The number of amides is 1. The maximum absolute atomic E-state index is 13.3. The summed E-state index contributed by atoms with van der Waals surface area (Å²) in [5.74, 6) is -0.360. The van der Waals surface area contributed by atoms with E-state index in [4.69, 9.17) is 0 Å². The molecule has 0 unspecified atom stereocenters. The summed E-state index contributed by atoms with van der Waals surface area (Å²) in [6.45, 7) is 5.28. The molecule has 9 heteroatoms. The molecule has 0 radical (unpaired) electrons. The Morgan fingerprint density at radius 2 is 1.88 bits per heavy atom. The second kappa shape index (κ2) is 8.88. The van der Waals surface area contributed by atoms with Crippen molar-refractivity contribution in [3.05, 3.63) is 75.1 Å². The molecule has 0 atom stereocenters. The Balaban J connectivity index is 1.87. The molecular formula is C23H23N5O3S. The fourth-order valence-corrected chi connectivity index (χ4v) is 4.49. The highest BCUT2D eigenvalue weighted by molar-refractivity contribution is 7.13. The highest BCUT2D eigenvalue weighted by Crippen LogP contribution is 2.27. The number of anilines is 1. The maximum Gasteiger partial charge on any atom is 0.332 e. The molecule has 0 aliphatic carbocycles. The van der Waals surface area contributed by atoms with Crippen LogP contribution in [-0.4, -0.2) is 24.4 Å². The number of fused-ring (bicyclic) bond motifs is 1. The van der Waals surface area contributed by atoms with Gasteiger partial charge in [0.05, 0.1) is 11.2 Å². The molecule has 8 nitrogen and oxygen atoms in total. The normalized spacial score (nSPS) is 11.2. The van der Waals surface area contributed by atoms with Gasteiger partial charge in [-0.25, -0.2) is 4.79 Å². The minimum atomic E-state index is -0.547. The number of aromatic nitrogens is 4. The van der Waals surface area contributed by atoms with Crippen LogP contribution in [0.15, 0.2) is 58.3 Å². The van der Waals surface area contributed by atoms with E-state index in [0.717, 1.165) is 28.1 Å². The van der Waals surface area contributed by atoms with E-state index < -0.39 is 11.2 Å². The third kappa shape index (κ3) is 3.87. The van der Waals surface area contributed by atoms with Gasteiger partial charge in [-0.15, -0.1) is 0 Å². The van der Waals surface area contributed by atoms with Gasteiger partial charge in [0, 0.05) is 17.9 Å². The van der Waals surface area contributed by atoms with Crippen molar-refractivity contribution in [2.45, 2.75) is 39.8 Å². The number of nitrogens with one attached hydrogen (secondary N) is 1. The molecular weight excluding hydrogens is 426 g/mol. The quantitative estimate of drug-likeness (QED) is 0.486. The predicted octanol–water partition coefficient (Wildman–Crippen LogP) is 3.46. The first-order chi connectivity index (χ1) is 15.4. The zero-order valence-corrected chi connectivity index (χ0v) is 18.8. The molecule has 1 N–H and O–H groups in total. The molecule has 0 saturated heterocycles. The second-order valence-electron chi connectivity index (χ2n) is 7.62. The van der Waals surface area contributed by atoms with Crippen molar-refractivity contribution in [3.8, 4) is 11.4 Å². The SMILES string of the molecule is CCc1ccccc1NC(=O)Cn1c(=O)n(C(C)C)c(=O)c2snc(-c3ccccn3)c21. The number of carbonyl (C=O) groups is 1. The summed E-state index contributed by atoms with van der Waals surface area (Å²) >= 11 is 1.01. The van der Waals surface area contributed by atoms with Gasteiger partial charge in [0.25, 0.3) is 5.56 Å². The van der Waals surface area contributed by atoms with Crippen molar-refractivity contribution in [2.75, 3.05) is 5.32 Å². The number of benzene rings is 1. The van der Waals surface area contributed by atoms with Gasteiger partial charge in [0.1, 0.15) is 16.9 Å². The Morgan fingerprint density at radius 3 is 2.56 bits per heavy atom. The summed E-state index contributed by atoms with van der Waals surface area (Å²) < 4.78 is 7.23. The van der Waals surface area contributed by atoms with Crippen LogP contribution in [0.5, 0.6) is 0 Å². The lowest BCUT2D eigenvalue weighted by atomic mass is 10.1. The molecule has 164 valence electrons. The first kappa shape index (κ1) is 21.6. The maximum atomic E-state index is 13.3. The Kier molecular flexibility index (Phi) is 6.00. The number of nitrogens with zero attached hydrogens (tertiary/aromatic N) is 4. The van der Waals surface area contributed by atoms with E-state index in [0.29, 0.717) is 27.3 Å². The van der Waals surface area contributed by atoms with Crippen LogP contribution in [0.2, 0.25) is 0 Å². The molecule has 3 aromatic heterocycles. The van der Waals surface area contributed by atoms with E-state index in [1.54, 1.807) is 38.2 Å². The van der Waals surface area contributed by atoms with Gasteiger partial charge in [-0.1, -0.05) is 31.2 Å². The van der Waals surface area contributed by atoms with Gasteiger partial charge in [-0.2, -0.15) is 4.37 Å². The molecule has 0 fully saturated rings. The van der Waals surface area contributed by atoms with Gasteiger partial charge < -0.3 is 5.32 Å². The Labute approximate surface area is 188 Å². The zero-order chi connectivity index (χ0) is 22.8. The number of hydrogen-bond donors (Lipinski definition) is 1. The first-order valence-corrected chi connectivity index (χ1v) is 11.1. The molecule has 3 heterocycles. The van der Waals surface area contributed by atoms with Gasteiger partial charge in [-0.05, 0) is 55.6 Å². The van der Waals surface area contributed by atoms with E-state index in [1.165, 1.54) is 4.57 Å². The molecule has 0 bridgehead atoms. The Hall–Kier alpha value is -3.59. The average molecular weight is 450 g/mol. The van der Waals surface area contributed by atoms with E-state index in [2.05, 4.69) is 14.7 Å². The lowest BCUT2D eigenvalue weighted by molar-refractivity contribution is -0.116. The lowest BCUT2D eigenvalue weighted by Gasteiger charge is -2.15. The minimum Gasteiger partial charge on any atom is -0.324 e. The predicted molar refractivity (Wildman–Crippen MR) is 126 cm³/mol. The summed E-state index contributed by atoms with van der Waals surface area (Å²) in [7, 11) is 0. The van der Waals surface area contributed by atoms with Crippen LogP contribution in [-0.2, 0) is 17.8 Å². The summed E-state index contributed by atoms with van der Waals surface area (Å²) in [6, 6.07) is 12.5. The van der Waals surface area contributed by atoms with Crippen molar-refractivity contribution in [2.24, 2.45) is 0 Å². The van der Waals surface area contributed by atoms with Crippen LogP contribution >= 0.6 is 11.5 Å².